The van der Waals surface area contributed by atoms with Crippen LogP contribution in [0.1, 0.15) is 30.0 Å². The molecule has 0 saturated carbocycles. The van der Waals surface area contributed by atoms with E-state index in [2.05, 4.69) is 15.6 Å². The van der Waals surface area contributed by atoms with E-state index in [9.17, 15) is 10.1 Å². The molecule has 1 unspecified atom stereocenters. The average Bonchev–Trinajstić information content (AvgIpc) is 2.82. The predicted octanol–water partition coefficient (Wildman–Crippen LogP) is 2.11. The highest BCUT2D eigenvalue weighted by molar-refractivity contribution is 5.55. The average molecular weight is 265 g/mol. The summed E-state index contributed by atoms with van der Waals surface area (Å²) in [5.41, 5.74) is 1.59. The fourth-order valence-electron chi connectivity index (χ4n) is 2.10. The molecule has 0 spiro atoms. The maximum Gasteiger partial charge on any atom is 0.330 e. The van der Waals surface area contributed by atoms with Crippen LogP contribution in [-0.4, -0.2) is 19.9 Å². The molecule has 1 atom stereocenters. The molecule has 0 aliphatic rings. The molecule has 1 N–H and O–H groups in total. The van der Waals surface area contributed by atoms with Crippen molar-refractivity contribution in [3.05, 3.63) is 33.3 Å². The molecule has 2 aromatic heterocycles. The highest BCUT2D eigenvalue weighted by atomic mass is 16.6. The molecular formula is C11H15N5O3. The number of nitro groups is 1. The largest absolute Gasteiger partial charge is 0.361 e. The minimum Gasteiger partial charge on any atom is -0.361 e. The molecule has 102 valence electrons. The van der Waals surface area contributed by atoms with E-state index in [0.29, 0.717) is 5.76 Å². The van der Waals surface area contributed by atoms with Crippen molar-refractivity contribution in [2.75, 3.05) is 5.32 Å². The first-order valence-corrected chi connectivity index (χ1v) is 5.77. The molecular weight excluding hydrogens is 250 g/mol. The lowest BCUT2D eigenvalue weighted by atomic mass is 10.1. The first-order chi connectivity index (χ1) is 8.90. The van der Waals surface area contributed by atoms with Crippen molar-refractivity contribution < 1.29 is 9.45 Å². The van der Waals surface area contributed by atoms with Gasteiger partial charge in [-0.15, -0.1) is 5.10 Å². The molecule has 8 heteroatoms. The number of aromatic nitrogens is 3. The molecule has 0 radical (unpaired) electrons. The molecule has 0 aromatic carbocycles. The van der Waals surface area contributed by atoms with Crippen LogP contribution in [0.25, 0.3) is 0 Å². The number of aryl methyl sites for hydroxylation is 3. The van der Waals surface area contributed by atoms with Crippen LogP contribution in [0.2, 0.25) is 0 Å². The first-order valence-electron chi connectivity index (χ1n) is 5.77. The van der Waals surface area contributed by atoms with E-state index in [1.54, 1.807) is 14.0 Å². The summed E-state index contributed by atoms with van der Waals surface area (Å²) in [5.74, 6) is 0.927. The second kappa shape index (κ2) is 4.71. The highest BCUT2D eigenvalue weighted by Crippen LogP contribution is 2.28. The zero-order valence-electron chi connectivity index (χ0n) is 11.2. The van der Waals surface area contributed by atoms with Gasteiger partial charge in [-0.25, -0.2) is 0 Å². The van der Waals surface area contributed by atoms with Crippen molar-refractivity contribution in [3.63, 3.8) is 0 Å². The van der Waals surface area contributed by atoms with E-state index >= 15 is 0 Å². The van der Waals surface area contributed by atoms with Gasteiger partial charge in [0.15, 0.2) is 0 Å². The Balaban J connectivity index is 2.29. The summed E-state index contributed by atoms with van der Waals surface area (Å²) in [6.07, 6.45) is 1.36. The summed E-state index contributed by atoms with van der Waals surface area (Å²) >= 11 is 0. The lowest BCUT2D eigenvalue weighted by Crippen LogP contribution is -2.10. The molecule has 0 aliphatic carbocycles. The summed E-state index contributed by atoms with van der Waals surface area (Å²) in [4.78, 5) is 10.5. The van der Waals surface area contributed by atoms with E-state index < -0.39 is 4.92 Å². The van der Waals surface area contributed by atoms with Crippen molar-refractivity contribution in [1.29, 1.82) is 0 Å². The topological polar surface area (TPSA) is 99.0 Å². The predicted molar refractivity (Wildman–Crippen MR) is 67.9 cm³/mol. The van der Waals surface area contributed by atoms with Crippen LogP contribution in [0.4, 0.5) is 11.5 Å². The summed E-state index contributed by atoms with van der Waals surface area (Å²) in [5, 5.41) is 21.9. The number of hydrogen-bond acceptors (Lipinski definition) is 6. The van der Waals surface area contributed by atoms with Gasteiger partial charge in [-0.2, -0.15) is 0 Å². The SMILES string of the molecule is Cc1noc(C)c1C(C)Nc1nn(C)cc1[N+](=O)[O-]. The maximum atomic E-state index is 10.9. The number of rotatable bonds is 4. The van der Waals surface area contributed by atoms with Gasteiger partial charge in [0.05, 0.1) is 16.7 Å². The molecule has 0 amide bonds. The van der Waals surface area contributed by atoms with Crippen molar-refractivity contribution in [2.45, 2.75) is 26.8 Å². The molecule has 0 aliphatic heterocycles. The Kier molecular flexibility index (Phi) is 3.24. The van der Waals surface area contributed by atoms with Gasteiger partial charge in [-0.05, 0) is 20.8 Å². The van der Waals surface area contributed by atoms with Crippen molar-refractivity contribution in [3.8, 4) is 0 Å². The Morgan fingerprint density at radius 2 is 2.21 bits per heavy atom. The molecule has 2 aromatic rings. The fraction of sp³-hybridized carbons (Fsp3) is 0.455. The van der Waals surface area contributed by atoms with Gasteiger partial charge in [0.25, 0.3) is 0 Å². The number of nitrogens with one attached hydrogen (secondary N) is 1. The molecule has 2 rings (SSSR count). The van der Waals surface area contributed by atoms with Crippen LogP contribution in [0, 0.1) is 24.0 Å². The number of nitrogens with zero attached hydrogens (tertiary/aromatic N) is 4. The van der Waals surface area contributed by atoms with Gasteiger partial charge in [-0.1, -0.05) is 5.16 Å². The summed E-state index contributed by atoms with van der Waals surface area (Å²) < 4.78 is 6.49. The second-order valence-corrected chi connectivity index (χ2v) is 4.40. The molecule has 0 bridgehead atoms. The lowest BCUT2D eigenvalue weighted by Gasteiger charge is -2.12. The standard InChI is InChI=1S/C11H15N5O3/c1-6(10-7(2)14-19-8(10)3)12-11-9(16(17)18)5-15(4)13-11/h5-6H,1-4H3,(H,12,13). The minimum absolute atomic E-state index is 0.0545. The van der Waals surface area contributed by atoms with E-state index in [1.807, 2.05) is 13.8 Å². The zero-order valence-corrected chi connectivity index (χ0v) is 11.2. The van der Waals surface area contributed by atoms with Crippen LogP contribution in [0.5, 0.6) is 0 Å². The van der Waals surface area contributed by atoms with Gasteiger partial charge in [-0.3, -0.25) is 14.8 Å². The van der Waals surface area contributed by atoms with Crippen molar-refractivity contribution in [2.24, 2.45) is 7.05 Å². The Labute approximate surface area is 109 Å². The highest BCUT2D eigenvalue weighted by Gasteiger charge is 2.23. The number of hydrogen-bond donors (Lipinski definition) is 1. The third-order valence-corrected chi connectivity index (χ3v) is 2.88. The monoisotopic (exact) mass is 265 g/mol. The van der Waals surface area contributed by atoms with Crippen LogP contribution in [0.3, 0.4) is 0 Å². The van der Waals surface area contributed by atoms with E-state index in [-0.39, 0.29) is 17.5 Å². The Hall–Kier alpha value is -2.38. The van der Waals surface area contributed by atoms with Gasteiger partial charge in [0, 0.05) is 12.6 Å². The normalized spacial score (nSPS) is 12.4. The van der Waals surface area contributed by atoms with E-state index in [0.717, 1.165) is 11.3 Å². The summed E-state index contributed by atoms with van der Waals surface area (Å²) in [7, 11) is 1.64. The van der Waals surface area contributed by atoms with E-state index in [1.165, 1.54) is 10.9 Å². The van der Waals surface area contributed by atoms with Gasteiger partial charge in [0.2, 0.25) is 5.82 Å². The Morgan fingerprint density at radius 3 is 2.74 bits per heavy atom. The Morgan fingerprint density at radius 1 is 1.53 bits per heavy atom. The van der Waals surface area contributed by atoms with E-state index in [4.69, 9.17) is 4.52 Å². The second-order valence-electron chi connectivity index (χ2n) is 4.40. The van der Waals surface area contributed by atoms with Crippen LogP contribution in [-0.2, 0) is 7.05 Å². The van der Waals surface area contributed by atoms with Crippen LogP contribution < -0.4 is 5.32 Å². The molecule has 8 nitrogen and oxygen atoms in total. The molecule has 19 heavy (non-hydrogen) atoms. The number of anilines is 1. The van der Waals surface area contributed by atoms with Gasteiger partial charge in [0.1, 0.15) is 12.0 Å². The molecule has 0 fully saturated rings. The quantitative estimate of drug-likeness (QED) is 0.671. The lowest BCUT2D eigenvalue weighted by molar-refractivity contribution is -0.384. The molecule has 0 saturated heterocycles. The third-order valence-electron chi connectivity index (χ3n) is 2.88. The Bertz CT molecular complexity index is 596. The van der Waals surface area contributed by atoms with Crippen molar-refractivity contribution in [1.82, 2.24) is 14.9 Å². The van der Waals surface area contributed by atoms with Gasteiger partial charge >= 0.3 is 5.69 Å². The zero-order chi connectivity index (χ0) is 14.2. The molecule has 2 heterocycles. The fourth-order valence-corrected chi connectivity index (χ4v) is 2.10. The van der Waals surface area contributed by atoms with Gasteiger partial charge < -0.3 is 9.84 Å². The minimum atomic E-state index is -0.463. The van der Waals surface area contributed by atoms with Crippen LogP contribution >= 0.6 is 0 Å². The maximum absolute atomic E-state index is 10.9. The smallest absolute Gasteiger partial charge is 0.330 e. The third kappa shape index (κ3) is 2.42. The first kappa shape index (κ1) is 13.1. The van der Waals surface area contributed by atoms with Crippen molar-refractivity contribution >= 4 is 11.5 Å². The summed E-state index contributed by atoms with van der Waals surface area (Å²) in [6.45, 7) is 5.52. The van der Waals surface area contributed by atoms with Crippen LogP contribution in [0.15, 0.2) is 10.7 Å². The summed E-state index contributed by atoms with van der Waals surface area (Å²) in [6, 6.07) is -0.181.